The van der Waals surface area contributed by atoms with E-state index in [1.54, 1.807) is 13.0 Å². The smallest absolute Gasteiger partial charge is 0.241 e. The second-order valence-corrected chi connectivity index (χ2v) is 5.94. The highest BCUT2D eigenvalue weighted by molar-refractivity contribution is 7.89. The number of rotatable bonds is 7. The molecule has 0 aliphatic carbocycles. The average Bonchev–Trinajstić information content (AvgIpc) is 2.32. The predicted octanol–water partition coefficient (Wildman–Crippen LogP) is 1.63. The van der Waals surface area contributed by atoms with Gasteiger partial charge in [0.25, 0.3) is 0 Å². The van der Waals surface area contributed by atoms with E-state index in [2.05, 4.69) is 4.72 Å². The van der Waals surface area contributed by atoms with Gasteiger partial charge in [-0.25, -0.2) is 13.1 Å². The Hall–Kier alpha value is -1.11. The van der Waals surface area contributed by atoms with E-state index < -0.39 is 10.0 Å². The van der Waals surface area contributed by atoms with Crippen molar-refractivity contribution in [2.24, 2.45) is 0 Å². The van der Waals surface area contributed by atoms with Crippen molar-refractivity contribution in [2.45, 2.75) is 25.7 Å². The van der Waals surface area contributed by atoms with Crippen molar-refractivity contribution in [3.05, 3.63) is 23.3 Å². The second kappa shape index (κ2) is 6.88. The molecule has 5 nitrogen and oxygen atoms in total. The SMILES string of the molecule is CCOc1cc(S(=O)(=O)NCCOC)c(C)cc1C. The first kappa shape index (κ1) is 15.9. The van der Waals surface area contributed by atoms with Crippen LogP contribution < -0.4 is 9.46 Å². The lowest BCUT2D eigenvalue weighted by atomic mass is 10.1. The highest BCUT2D eigenvalue weighted by Crippen LogP contribution is 2.26. The standard InChI is InChI=1S/C13H21NO4S/c1-5-18-12-9-13(11(3)8-10(12)2)19(15,16)14-6-7-17-4/h8-9,14H,5-7H2,1-4H3. The van der Waals surface area contributed by atoms with Crippen molar-refractivity contribution >= 4 is 10.0 Å². The van der Waals surface area contributed by atoms with Crippen LogP contribution in [-0.4, -0.2) is 35.3 Å². The number of benzene rings is 1. The number of nitrogens with one attached hydrogen (secondary N) is 1. The van der Waals surface area contributed by atoms with E-state index in [-0.39, 0.29) is 11.4 Å². The molecule has 0 fully saturated rings. The van der Waals surface area contributed by atoms with Crippen molar-refractivity contribution in [3.63, 3.8) is 0 Å². The van der Waals surface area contributed by atoms with Crippen LogP contribution in [0.1, 0.15) is 18.1 Å². The van der Waals surface area contributed by atoms with Gasteiger partial charge in [0.15, 0.2) is 0 Å². The molecule has 0 heterocycles. The minimum atomic E-state index is -3.53. The third-order valence-corrected chi connectivity index (χ3v) is 4.26. The molecule has 19 heavy (non-hydrogen) atoms. The third kappa shape index (κ3) is 4.19. The summed E-state index contributed by atoms with van der Waals surface area (Å²) in [4.78, 5) is 0.248. The Morgan fingerprint density at radius 1 is 1.21 bits per heavy atom. The van der Waals surface area contributed by atoms with E-state index in [1.807, 2.05) is 19.9 Å². The van der Waals surface area contributed by atoms with Gasteiger partial charge < -0.3 is 9.47 Å². The number of hydrogen-bond acceptors (Lipinski definition) is 4. The van der Waals surface area contributed by atoms with Crippen LogP contribution in [0.2, 0.25) is 0 Å². The first-order valence-corrected chi connectivity index (χ1v) is 7.63. The number of sulfonamides is 1. The second-order valence-electron chi connectivity index (χ2n) is 4.21. The summed E-state index contributed by atoms with van der Waals surface area (Å²) >= 11 is 0. The molecule has 6 heteroatoms. The molecule has 0 atom stereocenters. The Bertz CT molecular complexity index is 526. The zero-order valence-corrected chi connectivity index (χ0v) is 12.6. The van der Waals surface area contributed by atoms with Crippen molar-refractivity contribution in [1.82, 2.24) is 4.72 Å². The third-order valence-electron chi connectivity index (χ3n) is 2.66. The number of methoxy groups -OCH3 is 1. The molecule has 0 amide bonds. The Balaban J connectivity index is 3.08. The Morgan fingerprint density at radius 2 is 1.89 bits per heavy atom. The normalized spacial score (nSPS) is 11.6. The summed E-state index contributed by atoms with van der Waals surface area (Å²) in [6.07, 6.45) is 0. The highest BCUT2D eigenvalue weighted by atomic mass is 32.2. The lowest BCUT2D eigenvalue weighted by molar-refractivity contribution is 0.204. The van der Waals surface area contributed by atoms with E-state index in [4.69, 9.17) is 9.47 Å². The predicted molar refractivity (Wildman–Crippen MR) is 74.1 cm³/mol. The lowest BCUT2D eigenvalue weighted by Crippen LogP contribution is -2.27. The topological polar surface area (TPSA) is 64.6 Å². The molecular weight excluding hydrogens is 266 g/mol. The first-order chi connectivity index (χ1) is 8.92. The van der Waals surface area contributed by atoms with Gasteiger partial charge in [-0.05, 0) is 31.9 Å². The summed E-state index contributed by atoms with van der Waals surface area (Å²) in [5.74, 6) is 0.597. The van der Waals surface area contributed by atoms with Gasteiger partial charge in [-0.15, -0.1) is 0 Å². The molecule has 1 aromatic carbocycles. The molecule has 0 saturated heterocycles. The van der Waals surface area contributed by atoms with Gasteiger partial charge >= 0.3 is 0 Å². The summed E-state index contributed by atoms with van der Waals surface area (Å²) < 4.78 is 37.1. The van der Waals surface area contributed by atoms with E-state index in [9.17, 15) is 8.42 Å². The maximum atomic E-state index is 12.2. The van der Waals surface area contributed by atoms with Gasteiger partial charge in [0.1, 0.15) is 5.75 Å². The highest BCUT2D eigenvalue weighted by Gasteiger charge is 2.18. The largest absolute Gasteiger partial charge is 0.494 e. The van der Waals surface area contributed by atoms with Gasteiger partial charge in [0.2, 0.25) is 10.0 Å². The molecule has 108 valence electrons. The zero-order valence-electron chi connectivity index (χ0n) is 11.8. The fraction of sp³-hybridized carbons (Fsp3) is 0.538. The molecule has 0 aromatic heterocycles. The molecule has 1 aromatic rings. The molecule has 0 aliphatic heterocycles. The van der Waals surface area contributed by atoms with E-state index >= 15 is 0 Å². The van der Waals surface area contributed by atoms with Crippen LogP contribution in [0.15, 0.2) is 17.0 Å². The quantitative estimate of drug-likeness (QED) is 0.774. The summed E-state index contributed by atoms with van der Waals surface area (Å²) in [5, 5.41) is 0. The lowest BCUT2D eigenvalue weighted by Gasteiger charge is -2.13. The van der Waals surface area contributed by atoms with E-state index in [0.717, 1.165) is 5.56 Å². The van der Waals surface area contributed by atoms with Crippen molar-refractivity contribution in [1.29, 1.82) is 0 Å². The minimum Gasteiger partial charge on any atom is -0.494 e. The number of hydrogen-bond donors (Lipinski definition) is 1. The molecule has 0 bridgehead atoms. The fourth-order valence-corrected chi connectivity index (χ4v) is 3.02. The van der Waals surface area contributed by atoms with Crippen molar-refractivity contribution < 1.29 is 17.9 Å². The van der Waals surface area contributed by atoms with Gasteiger partial charge in [-0.1, -0.05) is 6.07 Å². The maximum absolute atomic E-state index is 12.2. The van der Waals surface area contributed by atoms with Crippen LogP contribution in [0.3, 0.4) is 0 Å². The van der Waals surface area contributed by atoms with E-state index in [0.29, 0.717) is 24.5 Å². The monoisotopic (exact) mass is 287 g/mol. The average molecular weight is 287 g/mol. The summed E-state index contributed by atoms with van der Waals surface area (Å²) in [7, 11) is -2.00. The van der Waals surface area contributed by atoms with Crippen LogP contribution in [0.5, 0.6) is 5.75 Å². The molecular formula is C13H21NO4S. The summed E-state index contributed by atoms with van der Waals surface area (Å²) in [6, 6.07) is 3.39. The molecule has 0 radical (unpaired) electrons. The Kier molecular flexibility index (Phi) is 5.78. The van der Waals surface area contributed by atoms with Gasteiger partial charge in [0, 0.05) is 19.7 Å². The molecule has 0 unspecified atom stereocenters. The van der Waals surface area contributed by atoms with Crippen molar-refractivity contribution in [2.75, 3.05) is 26.9 Å². The van der Waals surface area contributed by atoms with Gasteiger partial charge in [-0.2, -0.15) is 0 Å². The van der Waals surface area contributed by atoms with Crippen LogP contribution in [0.25, 0.3) is 0 Å². The first-order valence-electron chi connectivity index (χ1n) is 6.15. The maximum Gasteiger partial charge on any atom is 0.241 e. The Labute approximate surface area is 115 Å². The minimum absolute atomic E-state index is 0.246. The Morgan fingerprint density at radius 3 is 2.47 bits per heavy atom. The molecule has 1 rings (SSSR count). The molecule has 0 spiro atoms. The van der Waals surface area contributed by atoms with Gasteiger partial charge in [0.05, 0.1) is 18.1 Å². The van der Waals surface area contributed by atoms with E-state index in [1.165, 1.54) is 7.11 Å². The number of ether oxygens (including phenoxy) is 2. The van der Waals surface area contributed by atoms with Crippen molar-refractivity contribution in [3.8, 4) is 5.75 Å². The van der Waals surface area contributed by atoms with Crippen LogP contribution in [0.4, 0.5) is 0 Å². The molecule has 1 N–H and O–H groups in total. The van der Waals surface area contributed by atoms with Crippen LogP contribution in [0, 0.1) is 13.8 Å². The van der Waals surface area contributed by atoms with Crippen LogP contribution >= 0.6 is 0 Å². The zero-order chi connectivity index (χ0) is 14.5. The summed E-state index contributed by atoms with van der Waals surface area (Å²) in [5.41, 5.74) is 1.63. The molecule has 0 aliphatic rings. The van der Waals surface area contributed by atoms with Crippen LogP contribution in [-0.2, 0) is 14.8 Å². The van der Waals surface area contributed by atoms with Gasteiger partial charge in [-0.3, -0.25) is 0 Å². The molecule has 0 saturated carbocycles. The summed E-state index contributed by atoms with van der Waals surface area (Å²) in [6.45, 7) is 6.61. The fourth-order valence-electron chi connectivity index (χ4n) is 1.77. The number of aryl methyl sites for hydroxylation is 2.